The zero-order valence-corrected chi connectivity index (χ0v) is 39.4. The Morgan fingerprint density at radius 3 is 0.711 bits per heavy atom. The molecular formula is C53H28BF20OP. The SMILES string of the molecule is Cc1ccc([P+](CC(=O)c2ccccc2)(c2ccc(C)cc2)c2ccc(C)cc2)cc1.Fc1c(F)c(F)c([B-](c2c(F)c(F)c(F)c(F)c2F)(c2c(F)c(F)c(F)c(F)c2F)c2c(F)c(F)c(F)c(F)c2F)c(F)c1F. The van der Waals surface area contributed by atoms with E-state index < -0.39 is 152 Å². The Hall–Kier alpha value is -7.48. The number of rotatable bonds is 10. The number of benzene rings is 8. The third-order valence-electron chi connectivity index (χ3n) is 12.6. The molecule has 0 fully saturated rings. The monoisotopic (exact) mass is 1100 g/mol. The van der Waals surface area contributed by atoms with Crippen molar-refractivity contribution in [3.8, 4) is 0 Å². The standard InChI is InChI=1S/C29H28OP.C24BF20/c1-22-9-15-26(16-10-22)31(27-17-11-23(2)12-18-27,28-19-13-24(3)14-20-28)21-29(30)25-7-5-4-6-8-25;26-5-1(6(27)14(35)21(42)13(5)34)25(2-7(28)15(36)22(43)16(37)8(2)29,3-9(30)17(38)23(44)18(39)10(3)31)4-11(32)19(40)24(45)20(41)12(4)33/h4-20H,21H2,1-3H3;/q+1;-1. The molecule has 0 bridgehead atoms. The summed E-state index contributed by atoms with van der Waals surface area (Å²) in [6, 6.07) is 36.0. The molecule has 0 aliphatic rings. The highest BCUT2D eigenvalue weighted by molar-refractivity contribution is 7.96. The van der Waals surface area contributed by atoms with Crippen LogP contribution in [0.4, 0.5) is 87.8 Å². The van der Waals surface area contributed by atoms with E-state index in [4.69, 9.17) is 0 Å². The average Bonchev–Trinajstić information content (AvgIpc) is 3.41. The van der Waals surface area contributed by atoms with Crippen LogP contribution in [-0.4, -0.2) is 18.1 Å². The first-order chi connectivity index (χ1) is 35.7. The summed E-state index contributed by atoms with van der Waals surface area (Å²) in [6.45, 7) is 6.32. The van der Waals surface area contributed by atoms with Gasteiger partial charge in [-0.15, -0.1) is 21.9 Å². The number of carbonyl (C=O) groups is 1. The molecular weight excluding hydrogens is 1070 g/mol. The molecule has 0 radical (unpaired) electrons. The predicted octanol–water partition coefficient (Wildman–Crippen LogP) is 11.6. The fraction of sp³-hybridized carbons (Fsp3) is 0.0755. The summed E-state index contributed by atoms with van der Waals surface area (Å²) >= 11 is 0. The Labute approximate surface area is 417 Å². The van der Waals surface area contributed by atoms with Crippen molar-refractivity contribution in [1.29, 1.82) is 0 Å². The van der Waals surface area contributed by atoms with E-state index in [0.717, 1.165) is 5.56 Å². The summed E-state index contributed by atoms with van der Waals surface area (Å²) in [5, 5.41) is 3.74. The lowest BCUT2D eigenvalue weighted by atomic mass is 9.12. The van der Waals surface area contributed by atoms with Crippen LogP contribution in [-0.2, 0) is 0 Å². The average molecular weight is 1100 g/mol. The number of aryl methyl sites for hydroxylation is 3. The van der Waals surface area contributed by atoms with E-state index in [-0.39, 0.29) is 5.78 Å². The first-order valence-corrected chi connectivity index (χ1v) is 23.6. The summed E-state index contributed by atoms with van der Waals surface area (Å²) in [7, 11) is -2.18. The summed E-state index contributed by atoms with van der Waals surface area (Å²) in [4.78, 5) is 13.6. The molecule has 0 atom stereocenters. The van der Waals surface area contributed by atoms with E-state index in [0.29, 0.717) is 6.16 Å². The summed E-state index contributed by atoms with van der Waals surface area (Å²) < 4.78 is 294. The van der Waals surface area contributed by atoms with E-state index in [9.17, 15) is 57.5 Å². The lowest BCUT2D eigenvalue weighted by molar-refractivity contribution is 0.102. The molecule has 8 rings (SSSR count). The van der Waals surface area contributed by atoms with Crippen molar-refractivity contribution in [2.45, 2.75) is 20.8 Å². The number of hydrogen-bond donors (Lipinski definition) is 0. The molecule has 0 saturated heterocycles. The van der Waals surface area contributed by atoms with Crippen molar-refractivity contribution in [2.75, 3.05) is 6.16 Å². The lowest BCUT2D eigenvalue weighted by Gasteiger charge is -2.44. The van der Waals surface area contributed by atoms with Crippen molar-refractivity contribution in [3.05, 3.63) is 242 Å². The molecule has 0 amide bonds. The topological polar surface area (TPSA) is 17.1 Å². The van der Waals surface area contributed by atoms with Crippen molar-refractivity contribution in [2.24, 2.45) is 0 Å². The minimum absolute atomic E-state index is 0.190. The maximum absolute atomic E-state index is 15.4. The minimum atomic E-state index is -7.22. The fourth-order valence-electron chi connectivity index (χ4n) is 8.92. The molecule has 0 spiro atoms. The molecule has 8 aromatic carbocycles. The second-order valence-corrected chi connectivity index (χ2v) is 20.5. The highest BCUT2D eigenvalue weighted by Gasteiger charge is 2.53. The quantitative estimate of drug-likeness (QED) is 0.0333. The Morgan fingerprint density at radius 2 is 0.500 bits per heavy atom. The van der Waals surface area contributed by atoms with Crippen molar-refractivity contribution < 1.29 is 92.6 Å². The van der Waals surface area contributed by atoms with Gasteiger partial charge in [-0.1, -0.05) is 83.4 Å². The van der Waals surface area contributed by atoms with Gasteiger partial charge in [-0.3, -0.25) is 4.79 Å². The van der Waals surface area contributed by atoms with E-state index in [2.05, 4.69) is 93.6 Å². The minimum Gasteiger partial charge on any atom is -0.290 e. The lowest BCUT2D eigenvalue weighted by Crippen LogP contribution is -2.81. The second kappa shape index (κ2) is 21.3. The molecule has 0 saturated carbocycles. The number of ketones is 1. The van der Waals surface area contributed by atoms with Crippen LogP contribution in [0.2, 0.25) is 0 Å². The van der Waals surface area contributed by atoms with Gasteiger partial charge in [-0.05, 0) is 57.2 Å². The van der Waals surface area contributed by atoms with Gasteiger partial charge in [0.25, 0.3) is 0 Å². The summed E-state index contributed by atoms with van der Waals surface area (Å²) in [5.74, 6) is -71.2. The molecule has 23 heteroatoms. The Kier molecular flexibility index (Phi) is 15.7. The van der Waals surface area contributed by atoms with Gasteiger partial charge >= 0.3 is 0 Å². The van der Waals surface area contributed by atoms with Gasteiger partial charge in [0.1, 0.15) is 82.0 Å². The van der Waals surface area contributed by atoms with Crippen LogP contribution in [0.3, 0.4) is 0 Å². The highest BCUT2D eigenvalue weighted by Crippen LogP contribution is 2.56. The third-order valence-corrected chi connectivity index (χ3v) is 16.9. The molecule has 76 heavy (non-hydrogen) atoms. The van der Waals surface area contributed by atoms with Crippen LogP contribution in [0, 0.1) is 137 Å². The van der Waals surface area contributed by atoms with Crippen LogP contribution in [0.1, 0.15) is 27.0 Å². The maximum atomic E-state index is 15.4. The van der Waals surface area contributed by atoms with E-state index in [1.165, 1.54) is 32.6 Å². The number of carbonyl (C=O) groups excluding carboxylic acids is 1. The zero-order valence-electron chi connectivity index (χ0n) is 38.5. The molecule has 1 nitrogen and oxygen atoms in total. The van der Waals surface area contributed by atoms with Crippen LogP contribution < -0.4 is 37.8 Å². The predicted molar refractivity (Wildman–Crippen MR) is 244 cm³/mol. The van der Waals surface area contributed by atoms with Crippen LogP contribution >= 0.6 is 7.26 Å². The first-order valence-electron chi connectivity index (χ1n) is 21.6. The number of Topliss-reactive ketones (excluding diaryl/α,β-unsaturated/α-hetero) is 1. The maximum Gasteiger partial charge on any atom is 0.201 e. The molecule has 0 aromatic heterocycles. The van der Waals surface area contributed by atoms with Gasteiger partial charge in [0.2, 0.25) is 5.78 Å². The van der Waals surface area contributed by atoms with Crippen molar-refractivity contribution in [1.82, 2.24) is 0 Å². The molecule has 0 N–H and O–H groups in total. The first kappa shape index (κ1) is 56.3. The fourth-order valence-corrected chi connectivity index (χ4v) is 13.0. The smallest absolute Gasteiger partial charge is 0.201 e. The highest BCUT2D eigenvalue weighted by atomic mass is 31.2. The number of hydrogen-bond acceptors (Lipinski definition) is 1. The van der Waals surface area contributed by atoms with E-state index in [1.54, 1.807) is 0 Å². The van der Waals surface area contributed by atoms with Crippen LogP contribution in [0.15, 0.2) is 103 Å². The Bertz CT molecular complexity index is 3100. The van der Waals surface area contributed by atoms with Crippen LogP contribution in [0.5, 0.6) is 0 Å². The van der Waals surface area contributed by atoms with Gasteiger partial charge in [0.05, 0.1) is 0 Å². The van der Waals surface area contributed by atoms with Gasteiger partial charge in [0.15, 0.2) is 69.8 Å². The molecule has 0 aliphatic carbocycles. The van der Waals surface area contributed by atoms with Crippen LogP contribution in [0.25, 0.3) is 0 Å². The normalized spacial score (nSPS) is 11.7. The Balaban J connectivity index is 0.000000236. The van der Waals surface area contributed by atoms with Crippen molar-refractivity contribution in [3.63, 3.8) is 0 Å². The van der Waals surface area contributed by atoms with E-state index >= 15 is 35.1 Å². The second-order valence-electron chi connectivity index (χ2n) is 17.1. The zero-order chi connectivity index (χ0) is 56.2. The molecule has 8 aromatic rings. The molecule has 0 heterocycles. The molecule has 0 aliphatic heterocycles. The molecule has 394 valence electrons. The Morgan fingerprint density at radius 1 is 0.303 bits per heavy atom. The number of halogens is 20. The van der Waals surface area contributed by atoms with Gasteiger partial charge < -0.3 is 0 Å². The third kappa shape index (κ3) is 9.06. The van der Waals surface area contributed by atoms with Gasteiger partial charge in [-0.25, -0.2) is 87.8 Å². The largest absolute Gasteiger partial charge is 0.290 e. The van der Waals surface area contributed by atoms with Crippen molar-refractivity contribution >= 4 is 57.0 Å². The molecule has 0 unspecified atom stereocenters. The summed E-state index contributed by atoms with van der Waals surface area (Å²) in [5.41, 5.74) is -9.88. The van der Waals surface area contributed by atoms with E-state index in [1.807, 2.05) is 30.3 Å². The summed E-state index contributed by atoms with van der Waals surface area (Å²) in [6.07, 6.45) is -6.74. The van der Waals surface area contributed by atoms with Gasteiger partial charge in [-0.2, -0.15) is 0 Å². The van der Waals surface area contributed by atoms with Gasteiger partial charge in [0, 0.05) is 5.56 Å².